The Morgan fingerprint density at radius 1 is 0.600 bits per heavy atom. The van der Waals surface area contributed by atoms with Gasteiger partial charge in [0.25, 0.3) is 0 Å². The SMILES string of the molecule is C[Si](C)(C)[C]12[CH]3[C]4(C(P)(C5CCCCN5)C5CCCCN5)[C]5(CP(C6C7CC8CC(C7)CC6C8)C6C7CC8CC(C7)CC6C8)[C]1([Si](C)(C)C)[Fe]35421678[CH]2[CH]1[CH]6[CH]7[CH]28. The first-order valence-electron chi connectivity index (χ1n) is 25.3. The van der Waals surface area contributed by atoms with Crippen LogP contribution >= 0.6 is 17.2 Å². The van der Waals surface area contributed by atoms with Crippen LogP contribution in [0.2, 0.25) is 84.7 Å². The molecular formula is C48H78FeN2P2Si2. The van der Waals surface area contributed by atoms with Crippen molar-refractivity contribution in [2.45, 2.75) is 216 Å². The normalized spacial score (nSPS) is 77.7. The van der Waals surface area contributed by atoms with Crippen molar-refractivity contribution in [3.63, 3.8) is 0 Å². The van der Waals surface area contributed by atoms with Gasteiger partial charge in [0.1, 0.15) is 0 Å². The van der Waals surface area contributed by atoms with E-state index in [0.29, 0.717) is 5.16 Å². The minimum atomic E-state index is -4.41. The molecule has 0 aromatic heterocycles. The zero-order valence-electron chi connectivity index (χ0n) is 35.7. The molecular weight excluding hydrogens is 779 g/mol. The van der Waals surface area contributed by atoms with E-state index in [1.54, 1.807) is 64.2 Å². The number of hydrogen-bond donors (Lipinski definition) is 2. The fourth-order valence-electron chi connectivity index (χ4n) is 36.8. The van der Waals surface area contributed by atoms with Crippen molar-refractivity contribution in [2.24, 2.45) is 47.3 Å². The number of fused-ring (bicyclic) bond motifs is 10. The molecule has 8 bridgehead atoms. The predicted molar refractivity (Wildman–Crippen MR) is 237 cm³/mol. The molecule has 8 atom stereocenters. The van der Waals surface area contributed by atoms with E-state index in [1.807, 2.05) is 6.16 Å². The Labute approximate surface area is 331 Å². The molecule has 20 fully saturated rings. The Hall–Kier alpha value is 1.73. The van der Waals surface area contributed by atoms with Crippen LogP contribution < -0.4 is 10.6 Å². The van der Waals surface area contributed by atoms with Crippen molar-refractivity contribution in [1.82, 2.24) is 10.6 Å². The summed E-state index contributed by atoms with van der Waals surface area (Å²) in [5.74, 6) is 9.23. The summed E-state index contributed by atoms with van der Waals surface area (Å²) >= 11 is 0. The monoisotopic (exact) mass is 856 g/mol. The zero-order chi connectivity index (χ0) is 36.6. The second-order valence-electron chi connectivity index (χ2n) is 30.0. The van der Waals surface area contributed by atoms with Gasteiger partial charge in [-0.3, -0.25) is 0 Å². The second kappa shape index (κ2) is 6.01. The van der Waals surface area contributed by atoms with Gasteiger partial charge in [0.2, 0.25) is 0 Å². The van der Waals surface area contributed by atoms with E-state index in [4.69, 9.17) is 0 Å². The summed E-state index contributed by atoms with van der Waals surface area (Å²) in [5.41, 5.74) is 2.42. The number of rotatable bonds is 9. The van der Waals surface area contributed by atoms with Crippen molar-refractivity contribution in [2.75, 3.05) is 19.3 Å². The third-order valence-electron chi connectivity index (χ3n) is 31.5. The molecule has 7 heteroatoms. The molecule has 8 aliphatic carbocycles. The summed E-state index contributed by atoms with van der Waals surface area (Å²) in [4.78, 5) is 8.33. The molecule has 2 nitrogen and oxygen atoms in total. The van der Waals surface area contributed by atoms with Crippen LogP contribution in [0.5, 0.6) is 0 Å². The maximum absolute atomic E-state index is 4.56. The number of hydrogen-bond acceptors (Lipinski definition) is 2. The molecule has 0 amide bonds. The van der Waals surface area contributed by atoms with Crippen LogP contribution in [0, 0.1) is 47.3 Å². The summed E-state index contributed by atoms with van der Waals surface area (Å²) in [7, 11) is 1.34. The van der Waals surface area contributed by atoms with Crippen molar-refractivity contribution >= 4 is 33.3 Å². The first-order valence-corrected chi connectivity index (χ1v) is 40.6. The Balaban J connectivity index is 0.933. The molecule has 8 saturated carbocycles. The number of nitrogens with one attached hydrogen (secondary N) is 2. The van der Waals surface area contributed by atoms with Crippen LogP contribution in [0.3, 0.4) is 0 Å². The molecule has 20 aliphatic rings. The van der Waals surface area contributed by atoms with E-state index in [0.717, 1.165) is 52.3 Å². The minimum absolute atomic E-state index is 0.105. The Kier molecular flexibility index (Phi) is 3.54. The van der Waals surface area contributed by atoms with Gasteiger partial charge in [-0.25, -0.2) is 0 Å². The summed E-state index contributed by atoms with van der Waals surface area (Å²) in [6.07, 6.45) is 27.8. The van der Waals surface area contributed by atoms with Gasteiger partial charge in [-0.1, -0.05) is 0 Å². The third kappa shape index (κ3) is 1.11. The van der Waals surface area contributed by atoms with Crippen LogP contribution in [-0.4, -0.2) is 64.0 Å². The molecule has 0 aromatic carbocycles. The van der Waals surface area contributed by atoms with Crippen molar-refractivity contribution in [1.29, 1.82) is 0 Å². The summed E-state index contributed by atoms with van der Waals surface area (Å²) in [6, 6.07) is 1.56. The van der Waals surface area contributed by atoms with E-state index in [1.165, 1.54) is 116 Å². The van der Waals surface area contributed by atoms with Crippen LogP contribution in [0.15, 0.2) is 0 Å². The third-order valence-corrected chi connectivity index (χ3v) is 100. The Bertz CT molecular complexity index is 2190. The summed E-state index contributed by atoms with van der Waals surface area (Å²) < 4.78 is 3.77. The van der Waals surface area contributed by atoms with Crippen molar-refractivity contribution in [3.8, 4) is 0 Å². The zero-order valence-corrected chi connectivity index (χ0v) is 40.9. The molecule has 0 aromatic rings. The fourth-order valence-corrected chi connectivity index (χ4v) is 185. The van der Waals surface area contributed by atoms with Crippen molar-refractivity contribution in [3.05, 3.63) is 0 Å². The molecule has 55 heavy (non-hydrogen) atoms. The van der Waals surface area contributed by atoms with Gasteiger partial charge in [-0.05, 0) is 0 Å². The quantitative estimate of drug-likeness (QED) is 0.178. The standard InChI is InChI=1S/C43H73N2P2Si2.C5H5.Fe/c1-48(2,3)37-25-36(43(46,38-11-7-9-13-44-38)39-12-8-10-14-45-39)35(42(37)49(4,5)6)26-47(40-31-17-27-15-28(19-31)20-32(40)18-27)41-33-21-29-16-30(23-33)24-34(41)22-29;1-2-4-5-3-1;/h25,27-34,38-41,44-45H,7-24,26,46H2,1-6H3;1-5H;. The fraction of sp³-hybridized carbons (Fsp3) is 1.00. The number of piperidine rings is 2. The molecule has 20 rings (SSSR count). The van der Waals surface area contributed by atoms with E-state index < -0.39 is 22.7 Å². The van der Waals surface area contributed by atoms with Gasteiger partial charge >= 0.3 is 333 Å². The van der Waals surface area contributed by atoms with E-state index in [-0.39, 0.29) is 7.92 Å². The van der Waals surface area contributed by atoms with Crippen LogP contribution in [0.25, 0.3) is 0 Å². The van der Waals surface area contributed by atoms with Gasteiger partial charge in [-0.2, -0.15) is 0 Å². The van der Waals surface area contributed by atoms with E-state index in [2.05, 4.69) is 59.2 Å². The van der Waals surface area contributed by atoms with Gasteiger partial charge < -0.3 is 0 Å². The van der Waals surface area contributed by atoms with Crippen LogP contribution in [-0.2, 0) is 6.51 Å². The summed E-state index contributed by atoms with van der Waals surface area (Å²) in [6.45, 7) is 16.9. The van der Waals surface area contributed by atoms with Crippen LogP contribution in [0.4, 0.5) is 0 Å². The molecule has 2 N–H and O–H groups in total. The Morgan fingerprint density at radius 3 is 1.35 bits per heavy atom. The van der Waals surface area contributed by atoms with E-state index in [9.17, 15) is 0 Å². The summed E-state index contributed by atoms with van der Waals surface area (Å²) in [5, 5.41) is 9.58. The first-order chi connectivity index (χ1) is 26.1. The molecule has 8 unspecified atom stereocenters. The second-order valence-corrected chi connectivity index (χ2v) is 67.6. The van der Waals surface area contributed by atoms with E-state index >= 15 is 0 Å². The molecule has 12 heterocycles. The molecule has 0 radical (unpaired) electrons. The molecule has 1 spiro atoms. The topological polar surface area (TPSA) is 24.1 Å². The predicted octanol–water partition coefficient (Wildman–Crippen LogP) is 12.6. The van der Waals surface area contributed by atoms with Gasteiger partial charge in [0, 0.05) is 0 Å². The van der Waals surface area contributed by atoms with Gasteiger partial charge in [-0.15, -0.1) is 0 Å². The molecule has 12 saturated heterocycles. The average molecular weight is 857 g/mol. The van der Waals surface area contributed by atoms with Gasteiger partial charge in [0.15, 0.2) is 0 Å². The van der Waals surface area contributed by atoms with Gasteiger partial charge in [0.05, 0.1) is 0 Å². The Morgan fingerprint density at radius 2 is 1.02 bits per heavy atom. The maximum atomic E-state index is 4.56. The molecule has 12 aliphatic heterocycles. The van der Waals surface area contributed by atoms with Crippen LogP contribution in [0.1, 0.15) is 103 Å². The van der Waals surface area contributed by atoms with Crippen molar-refractivity contribution < 1.29 is 6.51 Å². The molecule has 306 valence electrons. The average Bonchev–Trinajstić information content (AvgIpc) is 4.09. The first kappa shape index (κ1) is 32.4.